The highest BCUT2D eigenvalue weighted by Gasteiger charge is 2.48. The van der Waals surface area contributed by atoms with Crippen LogP contribution in [0.3, 0.4) is 0 Å². The zero-order valence-electron chi connectivity index (χ0n) is 87.4. The number of alkyl carbamates (subject to hydrolysis) is 2. The van der Waals surface area contributed by atoms with Crippen LogP contribution in [0.25, 0.3) is 100 Å². The second-order valence-corrected chi connectivity index (χ2v) is 40.3. The van der Waals surface area contributed by atoms with Gasteiger partial charge in [0.1, 0.15) is 130 Å². The maximum Gasteiger partial charge on any atom is 0.407 e. The number of rotatable bonds is 46. The number of esters is 3. The minimum Gasteiger partial charge on any atom is -0.744 e. The van der Waals surface area contributed by atoms with Gasteiger partial charge in [0.15, 0.2) is 0 Å². The van der Waals surface area contributed by atoms with Gasteiger partial charge in [-0.25, -0.2) is 63.0 Å². The van der Waals surface area contributed by atoms with Crippen LogP contribution in [0.5, 0.6) is 0 Å². The predicted molar refractivity (Wildman–Crippen MR) is 578 cm³/mol. The fourth-order valence-corrected chi connectivity index (χ4v) is 21.8. The summed E-state index contributed by atoms with van der Waals surface area (Å²) in [6.45, 7) is 49.0. The number of hydrogen-bond acceptors (Lipinski definition) is 28. The Balaban J connectivity index is 0.000000198. The molecule has 2 saturated carbocycles. The van der Waals surface area contributed by atoms with E-state index < -0.39 is 54.5 Å². The van der Waals surface area contributed by atoms with E-state index in [-0.39, 0.29) is 91.0 Å². The van der Waals surface area contributed by atoms with Gasteiger partial charge in [-0.15, -0.1) is 0 Å². The maximum absolute atomic E-state index is 13.0. The lowest BCUT2D eigenvalue weighted by Gasteiger charge is -2.29. The quantitative estimate of drug-likeness (QED) is 0.00450. The van der Waals surface area contributed by atoms with Crippen LogP contribution in [0, 0.1) is 11.8 Å². The van der Waals surface area contributed by atoms with Crippen molar-refractivity contribution in [3.8, 4) is 67.4 Å². The van der Waals surface area contributed by atoms with E-state index in [2.05, 4.69) is 158 Å². The van der Waals surface area contributed by atoms with E-state index in [4.69, 9.17) is 36.9 Å². The number of unbranched alkanes of at least 4 members (excludes halogenated alkanes) is 1. The number of carbonyl (C=O) groups is 5. The molecular formula is C113H139N11O22S3. The summed E-state index contributed by atoms with van der Waals surface area (Å²) in [6.07, 6.45) is 4.64. The normalized spacial score (nSPS) is 14.3. The lowest BCUT2D eigenvalue weighted by atomic mass is 9.92. The van der Waals surface area contributed by atoms with Crippen molar-refractivity contribution in [2.75, 3.05) is 146 Å². The molecule has 0 spiro atoms. The molecule has 0 saturated heterocycles. The molecule has 5 N–H and O–H groups in total. The summed E-state index contributed by atoms with van der Waals surface area (Å²) in [7, 11) is -14.6. The SMILES string of the molecule is C=C(C)C(=O)OC1CC2CC1CC2NCc1ccc(-c2c3ccc(=[N+](CC)CC)cc-3oc3cc(N(CC)CC)ccc23)c(S(=O)(=O)[O-])c1.C=CC(=O)OCCNC(=O)OCCCCNCc1ccc(-c2c3ccc(=[N+](CC)CC)cc-3oc3cc(N(CC)CC)ccc23)c(S(=O)(=O)[O-])c1.C=CC(=O)OCCNC(=O)OCCNCc1ccc(-c2c3ccc(=[N+](CC)CC)cc-3oc3cc(N(CC)CC)ccc23)c(S(=O)(=O)[O-])c1. The van der Waals surface area contributed by atoms with Crippen molar-refractivity contribution < 1.29 is 99.8 Å². The van der Waals surface area contributed by atoms with E-state index in [9.17, 15) is 62.9 Å². The van der Waals surface area contributed by atoms with Gasteiger partial charge in [-0.05, 0) is 230 Å². The van der Waals surface area contributed by atoms with E-state index in [0.29, 0.717) is 150 Å². The maximum atomic E-state index is 13.0. The van der Waals surface area contributed by atoms with Gasteiger partial charge >= 0.3 is 30.1 Å². The third-order valence-electron chi connectivity index (χ3n) is 27.3. The fourth-order valence-electron chi connectivity index (χ4n) is 19.6. The van der Waals surface area contributed by atoms with E-state index in [1.54, 1.807) is 31.2 Å². The molecule has 6 aromatic rings. The first-order valence-electron chi connectivity index (χ1n) is 51.2. The average Bonchev–Trinajstić information content (AvgIpc) is 1.37. The lowest BCUT2D eigenvalue weighted by Crippen LogP contribution is -2.38. The number of nitrogens with one attached hydrogen (secondary N) is 5. The van der Waals surface area contributed by atoms with Gasteiger partial charge in [-0.2, -0.15) is 0 Å². The molecule has 14 rings (SSSR count). The molecule has 33 nitrogen and oxygen atoms in total. The number of carbonyl (C=O) groups excluding carboxylic acids is 5. The van der Waals surface area contributed by atoms with Gasteiger partial charge < -0.3 is 91.9 Å². The number of ether oxygens (including phenoxy) is 5. The summed E-state index contributed by atoms with van der Waals surface area (Å²) in [5, 5.41) is 20.0. The smallest absolute Gasteiger partial charge is 0.407 e. The van der Waals surface area contributed by atoms with Gasteiger partial charge in [0.05, 0.1) is 52.6 Å². The van der Waals surface area contributed by atoms with Crippen LogP contribution in [-0.2, 0) is 88.1 Å². The Bertz CT molecular complexity index is 7330. The summed E-state index contributed by atoms with van der Waals surface area (Å²) < 4.78 is 167. The van der Waals surface area contributed by atoms with Gasteiger partial charge in [0, 0.05) is 209 Å². The van der Waals surface area contributed by atoms with Crippen molar-refractivity contribution in [2.45, 2.75) is 169 Å². The van der Waals surface area contributed by atoms with Crippen LogP contribution < -0.4 is 71.1 Å². The number of nitrogens with zero attached hydrogens (tertiary/aromatic N) is 6. The number of anilines is 3. The molecule has 0 aromatic heterocycles. The summed E-state index contributed by atoms with van der Waals surface area (Å²) in [6, 6.07) is 50.7. The molecule has 2 bridgehead atoms. The molecule has 3 aliphatic heterocycles. The summed E-state index contributed by atoms with van der Waals surface area (Å²) >= 11 is 0. The first-order valence-corrected chi connectivity index (χ1v) is 55.4. The number of benzene rings is 9. The summed E-state index contributed by atoms with van der Waals surface area (Å²) in [4.78, 5) is 63.5. The van der Waals surface area contributed by atoms with E-state index in [0.717, 1.165) is 154 Å². The topological polar surface area (TPSA) is 421 Å². The van der Waals surface area contributed by atoms with Crippen LogP contribution >= 0.6 is 0 Å². The molecule has 796 valence electrons. The van der Waals surface area contributed by atoms with Crippen LogP contribution in [0.15, 0.2) is 229 Å². The van der Waals surface area contributed by atoms with Gasteiger partial charge in [-0.1, -0.05) is 56.1 Å². The molecule has 4 atom stereocenters. The fraction of sp³-hybridized carbons (Fsp3) is 0.398. The number of fused-ring (bicyclic) bond motifs is 8. The van der Waals surface area contributed by atoms with Crippen molar-refractivity contribution in [3.63, 3.8) is 0 Å². The van der Waals surface area contributed by atoms with E-state index in [1.807, 2.05) is 121 Å². The average molecular weight is 2100 g/mol. The second kappa shape index (κ2) is 53.1. The Hall–Kier alpha value is -13.4. The van der Waals surface area contributed by atoms with Crippen molar-refractivity contribution in [1.82, 2.24) is 40.3 Å². The molecule has 3 heterocycles. The predicted octanol–water partition coefficient (Wildman–Crippen LogP) is 15.5. The van der Waals surface area contributed by atoms with Gasteiger partial charge in [-0.3, -0.25) is 0 Å². The summed E-state index contributed by atoms with van der Waals surface area (Å²) in [5.74, 6) is 0.948. The van der Waals surface area contributed by atoms with Gasteiger partial charge in [0.25, 0.3) is 0 Å². The third-order valence-corrected chi connectivity index (χ3v) is 29.9. The minimum atomic E-state index is -4.90. The molecule has 2 amide bonds. The van der Waals surface area contributed by atoms with Crippen LogP contribution in [0.1, 0.15) is 139 Å². The molecule has 36 heteroatoms. The van der Waals surface area contributed by atoms with Crippen molar-refractivity contribution in [3.05, 3.63) is 234 Å². The highest BCUT2D eigenvalue weighted by atomic mass is 32.2. The Morgan fingerprint density at radius 1 is 0.396 bits per heavy atom. The molecule has 8 aliphatic rings. The number of amides is 2. The molecule has 5 aliphatic carbocycles. The molecular weight excluding hydrogens is 1960 g/mol. The zero-order valence-corrected chi connectivity index (χ0v) is 89.8. The van der Waals surface area contributed by atoms with Crippen molar-refractivity contribution in [2.24, 2.45) is 11.8 Å². The molecule has 2 fully saturated rings. The molecule has 149 heavy (non-hydrogen) atoms. The Morgan fingerprint density at radius 2 is 0.738 bits per heavy atom. The van der Waals surface area contributed by atoms with Crippen LogP contribution in [-0.4, -0.2) is 212 Å². The van der Waals surface area contributed by atoms with Crippen LogP contribution in [0.4, 0.5) is 26.7 Å². The Kier molecular flexibility index (Phi) is 40.8. The van der Waals surface area contributed by atoms with E-state index in [1.165, 1.54) is 18.2 Å². The highest BCUT2D eigenvalue weighted by molar-refractivity contribution is 7.86. The van der Waals surface area contributed by atoms with Crippen molar-refractivity contribution >= 4 is 110 Å². The lowest BCUT2D eigenvalue weighted by molar-refractivity contribution is -0.147. The first kappa shape index (κ1) is 114. The van der Waals surface area contributed by atoms with E-state index >= 15 is 0 Å². The first-order chi connectivity index (χ1) is 71.5. The third kappa shape index (κ3) is 28.8. The second-order valence-electron chi connectivity index (χ2n) is 36.3. The van der Waals surface area contributed by atoms with Crippen molar-refractivity contribution in [1.29, 1.82) is 0 Å². The summed E-state index contributed by atoms with van der Waals surface area (Å²) in [5.41, 5.74) is 12.0. The zero-order chi connectivity index (χ0) is 108. The largest absolute Gasteiger partial charge is 0.744 e. The monoisotopic (exact) mass is 2100 g/mol. The molecule has 4 unspecified atom stereocenters. The highest BCUT2D eigenvalue weighted by Crippen LogP contribution is 2.50. The standard InChI is InChI=1S/C39H47N3O6S.C38H48N4O8S.C36H44N4O8S/c1-7-41(8-2)28-12-15-30-35(21-28)47-36-22-29(42(9-3)10-4)13-16-31(36)38(30)32-14-11-25(17-37(32)49(44,45)46)23-40-33-19-27-18-26(33)20-34(27)48-39(43)24(5)6;1-6-36(43)48-22-20-40-38(44)49-21-12-11-19-39-26-27-13-16-32(35(23-27)51(45,46)47)37-30-17-14-28(41(7-2)8-3)24-33(30)50-34-25-29(15-18-31(34)37)42(9-4)10-5;1-6-34(41)46-20-18-38-36(42)47-19-17-37-24-25-11-14-30(33(21-25)49(43,44)45)35-28-15-12-26(39(7-2)8-3)22-31(28)48-32-23-27(13-16-29(32)35)40(9-4)10-5/h11-17,21-22,26-27,33-34,40H,5,7-10,18-20,23H2,1-4,6H3;6,13-18,23-25,39H,1,7-12,19-22,26H2,2-5H3,(H-,40,44,45,46,47);6,11-16,21-23,37H,1,7-10,17-20,24H2,2-5H3,(H-,38,42,43,44,45). The number of hydrogen-bond donors (Lipinski definition) is 5. The van der Waals surface area contributed by atoms with Gasteiger partial charge in [0.2, 0.25) is 16.1 Å². The molecule has 6 aromatic carbocycles. The Labute approximate surface area is 872 Å². The Morgan fingerprint density at radius 3 is 1.07 bits per heavy atom. The molecule has 0 radical (unpaired) electrons. The minimum absolute atomic E-state index is 0.0167. The van der Waals surface area contributed by atoms with Crippen LogP contribution in [0.2, 0.25) is 0 Å².